The van der Waals surface area contributed by atoms with E-state index in [2.05, 4.69) is 6.08 Å². The van der Waals surface area contributed by atoms with Gasteiger partial charge in [-0.25, -0.2) is 0 Å². The van der Waals surface area contributed by atoms with E-state index in [9.17, 15) is 4.80 Å². The predicted molar refractivity (Wildman–Crippen MR) is 79.7 cm³/mol. The van der Waals surface area contributed by atoms with Gasteiger partial charge in [-0.1, -0.05) is 72.8 Å². The molecule has 2 heteroatoms. The van der Waals surface area contributed by atoms with E-state index < -0.39 is 8.32 Å². The second-order valence-electron chi connectivity index (χ2n) is 4.37. The Balaban J connectivity index is 2.47. The summed E-state index contributed by atoms with van der Waals surface area (Å²) in [6.07, 6.45) is 4.07. The third-order valence-corrected chi connectivity index (χ3v) is 6.56. The summed E-state index contributed by atoms with van der Waals surface area (Å²) < 4.78 is 0. The van der Waals surface area contributed by atoms with Crippen molar-refractivity contribution >= 4 is 18.7 Å². The number of allylic oxidation sites excluding steroid dienone is 2. The molecule has 0 fully saturated rings. The summed E-state index contributed by atoms with van der Waals surface area (Å²) in [7, 11) is -2.61. The van der Waals surface area contributed by atoms with Crippen LogP contribution in [0.1, 0.15) is 6.92 Å². The number of benzene rings is 2. The summed E-state index contributed by atoms with van der Waals surface area (Å²) in [5, 5.41) is 2.13. The molecule has 0 spiro atoms. The zero-order valence-corrected chi connectivity index (χ0v) is 11.6. The van der Waals surface area contributed by atoms with Gasteiger partial charge in [-0.2, -0.15) is 0 Å². The zero-order valence-electron chi connectivity index (χ0n) is 10.6. The Kier molecular flexibility index (Phi) is 4.13. The van der Waals surface area contributed by atoms with E-state index in [-0.39, 0.29) is 0 Å². The van der Waals surface area contributed by atoms with Crippen LogP contribution < -0.4 is 10.4 Å². The molecular formula is C16H18OSi. The van der Waals surface area contributed by atoms with Crippen molar-refractivity contribution in [3.05, 3.63) is 72.8 Å². The monoisotopic (exact) mass is 254 g/mol. The summed E-state index contributed by atoms with van der Waals surface area (Å²) in [5.74, 6) is 0. The van der Waals surface area contributed by atoms with Gasteiger partial charge in [0.15, 0.2) is 0 Å². The molecule has 2 aromatic carbocycles. The van der Waals surface area contributed by atoms with Crippen LogP contribution in [-0.2, 0) is 0 Å². The maximum atomic E-state index is 11.2. The Hall–Kier alpha value is -1.64. The molecule has 18 heavy (non-hydrogen) atoms. The molecule has 2 rings (SSSR count). The maximum Gasteiger partial charge on any atom is 0.256 e. The average molecular weight is 254 g/mol. The summed E-state index contributed by atoms with van der Waals surface area (Å²) >= 11 is 0. The Labute approximate surface area is 110 Å². The molecule has 0 saturated carbocycles. The van der Waals surface area contributed by atoms with E-state index in [1.54, 1.807) is 0 Å². The van der Waals surface area contributed by atoms with Crippen LogP contribution in [0.3, 0.4) is 0 Å². The van der Waals surface area contributed by atoms with Crippen molar-refractivity contribution in [2.45, 2.75) is 13.0 Å². The summed E-state index contributed by atoms with van der Waals surface area (Å²) in [6, 6.07) is 20.8. The van der Waals surface area contributed by atoms with E-state index >= 15 is 0 Å². The van der Waals surface area contributed by atoms with E-state index in [4.69, 9.17) is 0 Å². The first-order valence-electron chi connectivity index (χ1n) is 6.22. The summed E-state index contributed by atoms with van der Waals surface area (Å²) in [6.45, 7) is 1.99. The fourth-order valence-corrected chi connectivity index (χ4v) is 4.99. The lowest BCUT2D eigenvalue weighted by atomic mass is 10.4. The van der Waals surface area contributed by atoms with E-state index in [1.165, 1.54) is 0 Å². The van der Waals surface area contributed by atoms with Crippen molar-refractivity contribution in [3.8, 4) is 0 Å². The van der Waals surface area contributed by atoms with Gasteiger partial charge >= 0.3 is 0 Å². The molecule has 0 aromatic heterocycles. The van der Waals surface area contributed by atoms with E-state index in [0.29, 0.717) is 0 Å². The van der Waals surface area contributed by atoms with E-state index in [1.807, 2.05) is 73.7 Å². The van der Waals surface area contributed by atoms with Gasteiger partial charge < -0.3 is 4.80 Å². The second kappa shape index (κ2) is 5.80. The van der Waals surface area contributed by atoms with Gasteiger partial charge in [-0.15, -0.1) is 0 Å². The lowest BCUT2D eigenvalue weighted by Crippen LogP contribution is -2.58. The van der Waals surface area contributed by atoms with Crippen molar-refractivity contribution in [1.82, 2.24) is 0 Å². The topological polar surface area (TPSA) is 20.2 Å². The zero-order chi connectivity index (χ0) is 12.8. The lowest BCUT2D eigenvalue weighted by Gasteiger charge is -2.25. The van der Waals surface area contributed by atoms with Crippen LogP contribution in [-0.4, -0.2) is 13.1 Å². The molecule has 0 aliphatic rings. The molecule has 0 atom stereocenters. The van der Waals surface area contributed by atoms with Crippen LogP contribution in [0.25, 0.3) is 0 Å². The fourth-order valence-electron chi connectivity index (χ4n) is 2.12. The minimum absolute atomic E-state index is 0.720. The van der Waals surface area contributed by atoms with Gasteiger partial charge in [-0.05, 0) is 23.3 Å². The molecule has 0 radical (unpaired) electrons. The highest BCUT2D eigenvalue weighted by Crippen LogP contribution is 2.09. The molecule has 0 aliphatic heterocycles. The predicted octanol–water partition coefficient (Wildman–Crippen LogP) is 2.31. The molecule has 0 bridgehead atoms. The fraction of sp³-hybridized carbons (Fsp3) is 0.125. The number of hydrogen-bond acceptors (Lipinski definition) is 1. The van der Waals surface area contributed by atoms with Crippen molar-refractivity contribution in [2.75, 3.05) is 0 Å². The molecule has 92 valence electrons. The highest BCUT2D eigenvalue weighted by atomic mass is 28.4. The molecule has 0 heterocycles. The third kappa shape index (κ3) is 2.60. The van der Waals surface area contributed by atoms with Gasteiger partial charge in [0.25, 0.3) is 8.32 Å². The second-order valence-corrected chi connectivity index (χ2v) is 7.65. The van der Waals surface area contributed by atoms with Gasteiger partial charge in [-0.3, -0.25) is 0 Å². The highest BCUT2D eigenvalue weighted by molar-refractivity contribution is 6.96. The lowest BCUT2D eigenvalue weighted by molar-refractivity contribution is 0.570. The van der Waals surface area contributed by atoms with Crippen molar-refractivity contribution in [2.24, 2.45) is 0 Å². The van der Waals surface area contributed by atoms with Crippen molar-refractivity contribution in [3.63, 3.8) is 0 Å². The number of rotatable bonds is 4. The van der Waals surface area contributed by atoms with Crippen molar-refractivity contribution < 1.29 is 4.80 Å². The first-order chi connectivity index (χ1) is 8.77. The molecule has 0 aliphatic carbocycles. The van der Waals surface area contributed by atoms with E-state index in [0.717, 1.165) is 16.4 Å². The Morgan fingerprint density at radius 3 is 1.72 bits per heavy atom. The first kappa shape index (κ1) is 12.8. The van der Waals surface area contributed by atoms with Gasteiger partial charge in [0.2, 0.25) is 0 Å². The Bertz CT molecular complexity index is 466. The summed E-state index contributed by atoms with van der Waals surface area (Å²) in [4.78, 5) is 11.2. The van der Waals surface area contributed by atoms with Crippen LogP contribution >= 0.6 is 0 Å². The number of hydrogen-bond donors (Lipinski definition) is 1. The molecular weight excluding hydrogens is 236 g/mol. The standard InChI is InChI=1S/C16H18OSi/c1-2-3-14-18(17,15-10-6-4-7-11-15)16-12-8-5-9-13-16/h2-13,17H,14H2,1H3/b3-2+. The molecule has 0 unspecified atom stereocenters. The third-order valence-electron chi connectivity index (χ3n) is 3.15. The smallest absolute Gasteiger partial charge is 0.256 e. The van der Waals surface area contributed by atoms with Crippen molar-refractivity contribution in [1.29, 1.82) is 0 Å². The minimum atomic E-state index is -2.61. The highest BCUT2D eigenvalue weighted by Gasteiger charge is 2.34. The van der Waals surface area contributed by atoms with Crippen LogP contribution in [0.4, 0.5) is 0 Å². The SMILES string of the molecule is C/C=C/C[Si](O)(c1ccccc1)c1ccccc1. The molecule has 0 saturated heterocycles. The normalized spacial score (nSPS) is 11.9. The Morgan fingerprint density at radius 1 is 0.889 bits per heavy atom. The molecule has 1 nitrogen and oxygen atoms in total. The minimum Gasteiger partial charge on any atom is -0.424 e. The van der Waals surface area contributed by atoms with Gasteiger partial charge in [0.1, 0.15) is 0 Å². The van der Waals surface area contributed by atoms with Crippen LogP contribution in [0.2, 0.25) is 6.04 Å². The molecule has 2 aromatic rings. The van der Waals surface area contributed by atoms with Crippen LogP contribution in [0, 0.1) is 0 Å². The van der Waals surface area contributed by atoms with Gasteiger partial charge in [0, 0.05) is 0 Å². The maximum absolute atomic E-state index is 11.2. The van der Waals surface area contributed by atoms with Crippen LogP contribution in [0.5, 0.6) is 0 Å². The Morgan fingerprint density at radius 2 is 1.33 bits per heavy atom. The average Bonchev–Trinajstić information content (AvgIpc) is 2.46. The summed E-state index contributed by atoms with van der Waals surface area (Å²) in [5.41, 5.74) is 0. The quantitative estimate of drug-likeness (QED) is 0.656. The van der Waals surface area contributed by atoms with Crippen LogP contribution in [0.15, 0.2) is 72.8 Å². The van der Waals surface area contributed by atoms with Gasteiger partial charge in [0.05, 0.1) is 0 Å². The largest absolute Gasteiger partial charge is 0.424 e. The first-order valence-corrected chi connectivity index (χ1v) is 8.37. The molecule has 1 N–H and O–H groups in total. The molecule has 0 amide bonds.